The Hall–Kier alpha value is -1.27. The molecule has 0 aliphatic rings. The lowest BCUT2D eigenvalue weighted by atomic mass is 9.91. The Balaban J connectivity index is 2.55. The van der Waals surface area contributed by atoms with Crippen LogP contribution in [-0.2, 0) is 12.1 Å². The van der Waals surface area contributed by atoms with Gasteiger partial charge in [-0.3, -0.25) is 9.67 Å². The summed E-state index contributed by atoms with van der Waals surface area (Å²) in [6, 6.07) is 2.81. The quantitative estimate of drug-likeness (QED) is 0.908. The van der Waals surface area contributed by atoms with E-state index in [0.717, 1.165) is 17.1 Å². The minimum absolute atomic E-state index is 0.416. The van der Waals surface area contributed by atoms with Crippen molar-refractivity contribution in [2.45, 2.75) is 38.8 Å². The number of rotatable bonds is 5. The number of halogens is 2. The lowest BCUT2D eigenvalue weighted by Crippen LogP contribution is -2.31. The normalized spacial score (nSPS) is 14.2. The van der Waals surface area contributed by atoms with Gasteiger partial charge in [0.05, 0.1) is 28.3 Å². The molecule has 0 aliphatic heterocycles. The van der Waals surface area contributed by atoms with Crippen molar-refractivity contribution in [3.8, 4) is 0 Å². The van der Waals surface area contributed by atoms with E-state index in [2.05, 4.69) is 26.0 Å². The number of aryl methyl sites for hydroxylation is 1. The summed E-state index contributed by atoms with van der Waals surface area (Å²) in [5.41, 5.74) is -0.223. The standard InChI is InChI=1S/C14H17BrFN3O/c1-3-7-19-13(11(15)9-18-19)14(20,4-2)12-6-5-10(16)8-17-12/h5-6,8-9,20H,3-4,7H2,1-2H3. The van der Waals surface area contributed by atoms with Crippen molar-refractivity contribution >= 4 is 15.9 Å². The van der Waals surface area contributed by atoms with Gasteiger partial charge in [-0.15, -0.1) is 0 Å². The van der Waals surface area contributed by atoms with Crippen LogP contribution in [0.4, 0.5) is 4.39 Å². The minimum atomic E-state index is -1.29. The smallest absolute Gasteiger partial charge is 0.149 e. The zero-order valence-electron chi connectivity index (χ0n) is 11.5. The van der Waals surface area contributed by atoms with Crippen LogP contribution in [-0.4, -0.2) is 19.9 Å². The van der Waals surface area contributed by atoms with Crippen LogP contribution in [0.25, 0.3) is 0 Å². The van der Waals surface area contributed by atoms with Gasteiger partial charge in [-0.25, -0.2) is 4.39 Å². The Bertz CT molecular complexity index is 585. The molecule has 1 atom stereocenters. The summed E-state index contributed by atoms with van der Waals surface area (Å²) in [5, 5.41) is 15.3. The SMILES string of the molecule is CCCn1ncc(Br)c1C(O)(CC)c1ccc(F)cn1. The zero-order valence-corrected chi connectivity index (χ0v) is 13.1. The number of nitrogens with zero attached hydrogens (tertiary/aromatic N) is 3. The van der Waals surface area contributed by atoms with E-state index in [-0.39, 0.29) is 0 Å². The molecule has 108 valence electrons. The Morgan fingerprint density at radius 1 is 1.35 bits per heavy atom. The summed E-state index contributed by atoms with van der Waals surface area (Å²) in [7, 11) is 0. The lowest BCUT2D eigenvalue weighted by molar-refractivity contribution is 0.0610. The highest BCUT2D eigenvalue weighted by Gasteiger charge is 2.36. The molecule has 0 bridgehead atoms. The second-order valence-corrected chi connectivity index (χ2v) is 5.49. The third kappa shape index (κ3) is 2.62. The molecule has 1 N–H and O–H groups in total. The number of aromatic nitrogens is 3. The summed E-state index contributed by atoms with van der Waals surface area (Å²) in [4.78, 5) is 4.03. The van der Waals surface area contributed by atoms with E-state index < -0.39 is 11.4 Å². The number of pyridine rings is 1. The third-order valence-electron chi connectivity index (χ3n) is 3.28. The number of hydrogen-bond acceptors (Lipinski definition) is 3. The lowest BCUT2D eigenvalue weighted by Gasteiger charge is -2.27. The molecular formula is C14H17BrFN3O. The van der Waals surface area contributed by atoms with Crippen LogP contribution < -0.4 is 0 Å². The van der Waals surface area contributed by atoms with Crippen molar-refractivity contribution < 1.29 is 9.50 Å². The van der Waals surface area contributed by atoms with Gasteiger partial charge in [0.25, 0.3) is 0 Å². The van der Waals surface area contributed by atoms with Crippen molar-refractivity contribution in [3.63, 3.8) is 0 Å². The van der Waals surface area contributed by atoms with E-state index in [4.69, 9.17) is 0 Å². The van der Waals surface area contributed by atoms with Gasteiger partial charge in [-0.2, -0.15) is 5.10 Å². The maximum absolute atomic E-state index is 13.0. The van der Waals surface area contributed by atoms with E-state index in [1.165, 1.54) is 12.1 Å². The van der Waals surface area contributed by atoms with Gasteiger partial charge in [-0.05, 0) is 40.9 Å². The largest absolute Gasteiger partial charge is 0.377 e. The molecule has 0 saturated carbocycles. The van der Waals surface area contributed by atoms with Crippen molar-refractivity contribution in [2.24, 2.45) is 0 Å². The minimum Gasteiger partial charge on any atom is -0.377 e. The van der Waals surface area contributed by atoms with Crippen molar-refractivity contribution in [1.29, 1.82) is 0 Å². The second-order valence-electron chi connectivity index (χ2n) is 4.64. The summed E-state index contributed by atoms with van der Waals surface area (Å²) in [5.74, 6) is -0.423. The maximum Gasteiger partial charge on any atom is 0.149 e. The van der Waals surface area contributed by atoms with Crippen LogP contribution in [0.3, 0.4) is 0 Å². The average molecular weight is 342 g/mol. The molecule has 0 radical (unpaired) electrons. The molecule has 2 rings (SSSR count). The molecule has 0 aliphatic carbocycles. The van der Waals surface area contributed by atoms with Crippen LogP contribution in [0, 0.1) is 5.82 Å². The molecule has 0 spiro atoms. The first-order chi connectivity index (χ1) is 9.52. The molecule has 0 amide bonds. The first-order valence-corrected chi connectivity index (χ1v) is 7.38. The Kier molecular flexibility index (Phi) is 4.55. The molecule has 0 aromatic carbocycles. The summed E-state index contributed by atoms with van der Waals surface area (Å²) < 4.78 is 15.5. The Labute approximate surface area is 125 Å². The average Bonchev–Trinajstić information content (AvgIpc) is 2.81. The molecule has 20 heavy (non-hydrogen) atoms. The highest BCUT2D eigenvalue weighted by atomic mass is 79.9. The van der Waals surface area contributed by atoms with Crippen LogP contribution in [0.1, 0.15) is 38.1 Å². The van der Waals surface area contributed by atoms with E-state index in [9.17, 15) is 9.50 Å². The second kappa shape index (κ2) is 6.01. The maximum atomic E-state index is 13.0. The van der Waals surface area contributed by atoms with E-state index in [1.54, 1.807) is 10.9 Å². The molecule has 6 heteroatoms. The fourth-order valence-electron chi connectivity index (χ4n) is 2.25. The predicted octanol–water partition coefficient (Wildman–Crippen LogP) is 3.24. The van der Waals surface area contributed by atoms with Gasteiger partial charge >= 0.3 is 0 Å². The first kappa shape index (κ1) is 15.1. The van der Waals surface area contributed by atoms with E-state index in [1.807, 2.05) is 13.8 Å². The molecule has 2 aromatic heterocycles. The highest BCUT2D eigenvalue weighted by molar-refractivity contribution is 9.10. The summed E-state index contributed by atoms with van der Waals surface area (Å²) in [6.45, 7) is 4.60. The molecule has 0 saturated heterocycles. The summed E-state index contributed by atoms with van der Waals surface area (Å²) in [6.07, 6.45) is 4.09. The van der Waals surface area contributed by atoms with Crippen molar-refractivity contribution in [2.75, 3.05) is 0 Å². The van der Waals surface area contributed by atoms with Crippen LogP contribution in [0.2, 0.25) is 0 Å². The number of aliphatic hydroxyl groups is 1. The molecule has 2 heterocycles. The van der Waals surface area contributed by atoms with Gasteiger partial charge in [0.1, 0.15) is 11.4 Å². The fraction of sp³-hybridized carbons (Fsp3) is 0.429. The predicted molar refractivity (Wildman–Crippen MR) is 77.7 cm³/mol. The first-order valence-electron chi connectivity index (χ1n) is 6.59. The summed E-state index contributed by atoms with van der Waals surface area (Å²) >= 11 is 3.43. The molecule has 1 unspecified atom stereocenters. The van der Waals surface area contributed by atoms with Crippen LogP contribution in [0.15, 0.2) is 29.0 Å². The van der Waals surface area contributed by atoms with Crippen LogP contribution in [0.5, 0.6) is 0 Å². The third-order valence-corrected chi connectivity index (χ3v) is 3.87. The van der Waals surface area contributed by atoms with Gasteiger partial charge in [0, 0.05) is 6.54 Å². The highest BCUT2D eigenvalue weighted by Crippen LogP contribution is 2.36. The van der Waals surface area contributed by atoms with Gasteiger partial charge in [0.2, 0.25) is 0 Å². The fourth-order valence-corrected chi connectivity index (χ4v) is 2.87. The van der Waals surface area contributed by atoms with Gasteiger partial charge in [0.15, 0.2) is 0 Å². The van der Waals surface area contributed by atoms with Crippen molar-refractivity contribution in [1.82, 2.24) is 14.8 Å². The molecule has 4 nitrogen and oxygen atoms in total. The zero-order chi connectivity index (χ0) is 14.8. The molecule has 0 fully saturated rings. The molecule has 2 aromatic rings. The van der Waals surface area contributed by atoms with Gasteiger partial charge < -0.3 is 5.11 Å². The topological polar surface area (TPSA) is 50.9 Å². The van der Waals surface area contributed by atoms with Gasteiger partial charge in [-0.1, -0.05) is 13.8 Å². The van der Waals surface area contributed by atoms with E-state index in [0.29, 0.717) is 24.4 Å². The Morgan fingerprint density at radius 3 is 2.65 bits per heavy atom. The monoisotopic (exact) mass is 341 g/mol. The van der Waals surface area contributed by atoms with E-state index >= 15 is 0 Å². The molecular weight excluding hydrogens is 325 g/mol. The van der Waals surface area contributed by atoms with Crippen LogP contribution >= 0.6 is 15.9 Å². The van der Waals surface area contributed by atoms with Crippen molar-refractivity contribution in [3.05, 3.63) is 46.2 Å². The Morgan fingerprint density at radius 2 is 2.10 bits per heavy atom. The number of hydrogen-bond donors (Lipinski definition) is 1.